The van der Waals surface area contributed by atoms with Gasteiger partial charge in [-0.15, -0.1) is 0 Å². The van der Waals surface area contributed by atoms with Crippen molar-refractivity contribution in [2.45, 2.75) is 20.0 Å². The molecule has 1 N–H and O–H groups in total. The van der Waals surface area contributed by atoms with E-state index in [1.165, 1.54) is 18.2 Å². The highest BCUT2D eigenvalue weighted by Crippen LogP contribution is 2.51. The summed E-state index contributed by atoms with van der Waals surface area (Å²) < 4.78 is 38.6. The van der Waals surface area contributed by atoms with E-state index in [1.54, 1.807) is 74.2 Å². The summed E-state index contributed by atoms with van der Waals surface area (Å²) in [6, 6.07) is 13.2. The number of hydrogen-bond donors (Lipinski definition) is 1. The Balaban J connectivity index is 1.67. The smallest absolute Gasteiger partial charge is 0.323 e. The Morgan fingerprint density at radius 3 is 2.48 bits per heavy atom. The van der Waals surface area contributed by atoms with Gasteiger partial charge in [-0.25, -0.2) is 4.39 Å². The molecule has 1 heterocycles. The van der Waals surface area contributed by atoms with E-state index in [4.69, 9.17) is 9.05 Å². The molecular weight excluding hydrogens is 444 g/mol. The quantitative estimate of drug-likeness (QED) is 0.306. The van der Waals surface area contributed by atoms with E-state index in [-0.39, 0.29) is 17.9 Å². The van der Waals surface area contributed by atoms with Gasteiger partial charge in [-0.05, 0) is 49.8 Å². The van der Waals surface area contributed by atoms with Crippen LogP contribution in [0.25, 0.3) is 17.3 Å². The van der Waals surface area contributed by atoms with Crippen molar-refractivity contribution < 1.29 is 22.8 Å². The Labute approximate surface area is 192 Å². The average Bonchev–Trinajstić information content (AvgIpc) is 3.14. The number of carbonyl (C=O) groups is 1. The molecular formula is C24H27FN3O4P. The zero-order chi connectivity index (χ0) is 23.8. The number of nitrogens with zero attached hydrogens (tertiary/aromatic N) is 2. The third-order valence-corrected chi connectivity index (χ3v) is 6.78. The summed E-state index contributed by atoms with van der Waals surface area (Å²) in [7, 11) is -1.43. The molecule has 0 unspecified atom stereocenters. The highest BCUT2D eigenvalue weighted by atomic mass is 31.2. The first-order valence-corrected chi connectivity index (χ1v) is 12.3. The Hall–Kier alpha value is -3.06. The molecule has 2 aromatic carbocycles. The van der Waals surface area contributed by atoms with Gasteiger partial charge in [-0.1, -0.05) is 24.3 Å². The lowest BCUT2D eigenvalue weighted by Gasteiger charge is -2.17. The maximum Gasteiger partial charge on any atom is 0.335 e. The van der Waals surface area contributed by atoms with E-state index in [0.717, 1.165) is 5.56 Å². The molecule has 3 rings (SSSR count). The number of nitrogens with one attached hydrogen (secondary N) is 1. The van der Waals surface area contributed by atoms with Crippen LogP contribution in [0.1, 0.15) is 25.0 Å². The van der Waals surface area contributed by atoms with Crippen molar-refractivity contribution in [1.29, 1.82) is 0 Å². The first-order valence-electron chi connectivity index (χ1n) is 10.6. The van der Waals surface area contributed by atoms with Crippen LogP contribution in [-0.4, -0.2) is 28.9 Å². The standard InChI is InChI=1S/C24H27FN3O4P/c1-4-31-33(30,32-5-2)17-18-9-12-22(13-10-18)27-23(29)14-11-20-16-26-28(3)24(20)19-7-6-8-21(25)15-19/h6-16H,4-5,17H2,1-3H3,(H,27,29). The monoisotopic (exact) mass is 471 g/mol. The lowest BCUT2D eigenvalue weighted by Crippen LogP contribution is -2.07. The highest BCUT2D eigenvalue weighted by molar-refractivity contribution is 7.53. The Morgan fingerprint density at radius 1 is 1.15 bits per heavy atom. The van der Waals surface area contributed by atoms with Crippen LogP contribution in [0, 0.1) is 5.82 Å². The Kier molecular flexibility index (Phi) is 8.33. The van der Waals surface area contributed by atoms with Crippen molar-refractivity contribution in [2.75, 3.05) is 18.5 Å². The lowest BCUT2D eigenvalue weighted by atomic mass is 10.1. The number of aryl methyl sites for hydroxylation is 1. The lowest BCUT2D eigenvalue weighted by molar-refractivity contribution is -0.111. The van der Waals surface area contributed by atoms with E-state index in [9.17, 15) is 13.8 Å². The van der Waals surface area contributed by atoms with Crippen molar-refractivity contribution in [3.63, 3.8) is 0 Å². The number of hydrogen-bond acceptors (Lipinski definition) is 5. The zero-order valence-electron chi connectivity index (χ0n) is 18.8. The molecule has 7 nitrogen and oxygen atoms in total. The van der Waals surface area contributed by atoms with E-state index >= 15 is 0 Å². The second kappa shape index (κ2) is 11.2. The van der Waals surface area contributed by atoms with Gasteiger partial charge in [0, 0.05) is 29.9 Å². The fourth-order valence-corrected chi connectivity index (χ4v) is 5.06. The minimum absolute atomic E-state index is 0.159. The van der Waals surface area contributed by atoms with Gasteiger partial charge in [0.05, 0.1) is 31.3 Å². The third kappa shape index (κ3) is 6.71. The van der Waals surface area contributed by atoms with Gasteiger partial charge in [0.25, 0.3) is 0 Å². The predicted octanol–water partition coefficient (Wildman–Crippen LogP) is 5.64. The summed E-state index contributed by atoms with van der Waals surface area (Å²) in [5.74, 6) is -0.671. The number of halogens is 1. The second-order valence-corrected chi connectivity index (χ2v) is 9.26. The molecule has 0 fully saturated rings. The normalized spacial score (nSPS) is 11.8. The fraction of sp³-hybridized carbons (Fsp3) is 0.250. The predicted molar refractivity (Wildman–Crippen MR) is 127 cm³/mol. The summed E-state index contributed by atoms with van der Waals surface area (Å²) in [6.07, 6.45) is 4.81. The van der Waals surface area contributed by atoms with Crippen molar-refractivity contribution in [2.24, 2.45) is 7.05 Å². The molecule has 0 aliphatic carbocycles. The van der Waals surface area contributed by atoms with E-state index in [2.05, 4.69) is 10.4 Å². The van der Waals surface area contributed by atoms with Crippen molar-refractivity contribution in [3.8, 4) is 11.3 Å². The zero-order valence-corrected chi connectivity index (χ0v) is 19.7. The SMILES string of the molecule is CCOP(=O)(Cc1ccc(NC(=O)C=Cc2cnn(C)c2-c2cccc(F)c2)cc1)OCC. The van der Waals surface area contributed by atoms with E-state index < -0.39 is 7.60 Å². The summed E-state index contributed by atoms with van der Waals surface area (Å²) >= 11 is 0. The van der Waals surface area contributed by atoms with Crippen LogP contribution >= 0.6 is 7.60 Å². The molecule has 1 amide bonds. The number of aromatic nitrogens is 2. The van der Waals surface area contributed by atoms with Crippen LogP contribution in [0.5, 0.6) is 0 Å². The minimum Gasteiger partial charge on any atom is -0.323 e. The van der Waals surface area contributed by atoms with E-state index in [0.29, 0.717) is 35.7 Å². The van der Waals surface area contributed by atoms with Crippen LogP contribution in [0.3, 0.4) is 0 Å². The van der Waals surface area contributed by atoms with Crippen LogP contribution in [0.2, 0.25) is 0 Å². The number of amides is 1. The van der Waals surface area contributed by atoms with Gasteiger partial charge in [-0.2, -0.15) is 5.10 Å². The second-order valence-electron chi connectivity index (χ2n) is 7.21. The molecule has 0 aliphatic heterocycles. The molecule has 0 radical (unpaired) electrons. The van der Waals surface area contributed by atoms with Crippen molar-refractivity contribution in [1.82, 2.24) is 9.78 Å². The van der Waals surface area contributed by atoms with Gasteiger partial charge in [0.15, 0.2) is 0 Å². The molecule has 3 aromatic rings. The molecule has 9 heteroatoms. The Bertz CT molecular complexity index is 1160. The first-order chi connectivity index (χ1) is 15.8. The first kappa shape index (κ1) is 24.6. The minimum atomic E-state index is -3.19. The van der Waals surface area contributed by atoms with Gasteiger partial charge in [0.1, 0.15) is 5.82 Å². The van der Waals surface area contributed by atoms with Gasteiger partial charge >= 0.3 is 7.60 Å². The molecule has 174 valence electrons. The number of carbonyl (C=O) groups excluding carboxylic acids is 1. The van der Waals surface area contributed by atoms with Crippen LogP contribution < -0.4 is 5.32 Å². The third-order valence-electron chi connectivity index (χ3n) is 4.73. The number of rotatable bonds is 10. The molecule has 0 saturated heterocycles. The maximum absolute atomic E-state index is 13.6. The largest absolute Gasteiger partial charge is 0.335 e. The molecule has 0 spiro atoms. The molecule has 33 heavy (non-hydrogen) atoms. The van der Waals surface area contributed by atoms with Gasteiger partial charge in [-0.3, -0.25) is 14.0 Å². The molecule has 0 bridgehead atoms. The maximum atomic E-state index is 13.6. The highest BCUT2D eigenvalue weighted by Gasteiger charge is 2.23. The van der Waals surface area contributed by atoms with Gasteiger partial charge in [0.2, 0.25) is 5.91 Å². The topological polar surface area (TPSA) is 82.5 Å². The summed E-state index contributed by atoms with van der Waals surface area (Å²) in [5, 5.41) is 7.00. The summed E-state index contributed by atoms with van der Waals surface area (Å²) in [6.45, 7) is 4.14. The molecule has 0 aliphatic rings. The van der Waals surface area contributed by atoms with Gasteiger partial charge < -0.3 is 14.4 Å². The Morgan fingerprint density at radius 2 is 1.85 bits per heavy atom. The van der Waals surface area contributed by atoms with Crippen molar-refractivity contribution in [3.05, 3.63) is 77.7 Å². The van der Waals surface area contributed by atoms with Crippen molar-refractivity contribution >= 4 is 25.3 Å². The molecule has 0 saturated carbocycles. The van der Waals surface area contributed by atoms with Crippen LogP contribution in [0.15, 0.2) is 60.8 Å². The average molecular weight is 471 g/mol. The molecule has 0 atom stereocenters. The van der Waals surface area contributed by atoms with Crippen LogP contribution in [-0.2, 0) is 31.6 Å². The number of benzene rings is 2. The van der Waals surface area contributed by atoms with Crippen LogP contribution in [0.4, 0.5) is 10.1 Å². The van der Waals surface area contributed by atoms with E-state index in [1.807, 2.05) is 0 Å². The number of anilines is 1. The fourth-order valence-electron chi connectivity index (χ4n) is 3.35. The summed E-state index contributed by atoms with van der Waals surface area (Å²) in [4.78, 5) is 12.4. The summed E-state index contributed by atoms with van der Waals surface area (Å²) in [5.41, 5.74) is 3.44. The molecule has 1 aromatic heterocycles.